The summed E-state index contributed by atoms with van der Waals surface area (Å²) in [4.78, 5) is 41.3. The summed E-state index contributed by atoms with van der Waals surface area (Å²) in [5, 5.41) is 14.4. The molecule has 0 bridgehead atoms. The maximum Gasteiger partial charge on any atom is 0.249 e. The van der Waals surface area contributed by atoms with Crippen LogP contribution in [0.25, 0.3) is 11.0 Å². The second-order valence-corrected chi connectivity index (χ2v) is 10.2. The molecular formula is C31H34N6O3. The quantitative estimate of drug-likeness (QED) is 0.319. The average Bonchev–Trinajstić information content (AvgIpc) is 3.62. The summed E-state index contributed by atoms with van der Waals surface area (Å²) < 4.78 is 1.56. The van der Waals surface area contributed by atoms with Gasteiger partial charge in [-0.15, -0.1) is 5.10 Å². The van der Waals surface area contributed by atoms with Crippen LogP contribution >= 0.6 is 0 Å². The molecule has 3 aromatic carbocycles. The molecule has 1 fully saturated rings. The minimum Gasteiger partial charge on any atom is -0.351 e. The van der Waals surface area contributed by atoms with Crippen molar-refractivity contribution in [3.8, 4) is 0 Å². The molecule has 1 atom stereocenters. The van der Waals surface area contributed by atoms with Crippen molar-refractivity contribution in [2.45, 2.75) is 64.6 Å². The van der Waals surface area contributed by atoms with Crippen LogP contribution in [-0.2, 0) is 27.3 Å². The summed E-state index contributed by atoms with van der Waals surface area (Å²) in [5.41, 5.74) is 4.42. The first-order valence-corrected chi connectivity index (χ1v) is 13.8. The van der Waals surface area contributed by atoms with Crippen LogP contribution in [0.5, 0.6) is 0 Å². The average molecular weight is 539 g/mol. The molecule has 1 aliphatic rings. The second kappa shape index (κ2) is 12.1. The number of hydrogen-bond acceptors (Lipinski definition) is 5. The lowest BCUT2D eigenvalue weighted by Gasteiger charge is -2.32. The van der Waals surface area contributed by atoms with Gasteiger partial charge in [0.15, 0.2) is 0 Å². The highest BCUT2D eigenvalue weighted by atomic mass is 16.2. The van der Waals surface area contributed by atoms with Crippen molar-refractivity contribution in [2.24, 2.45) is 0 Å². The maximum atomic E-state index is 14.2. The van der Waals surface area contributed by atoms with E-state index in [9.17, 15) is 14.4 Å². The van der Waals surface area contributed by atoms with Gasteiger partial charge < -0.3 is 10.6 Å². The number of anilines is 2. The summed E-state index contributed by atoms with van der Waals surface area (Å²) in [5.74, 6) is -0.725. The van der Waals surface area contributed by atoms with Gasteiger partial charge in [0.05, 0.1) is 5.52 Å². The van der Waals surface area contributed by atoms with Crippen LogP contribution < -0.4 is 15.5 Å². The Morgan fingerprint density at radius 3 is 2.35 bits per heavy atom. The Balaban J connectivity index is 1.56. The van der Waals surface area contributed by atoms with E-state index in [4.69, 9.17) is 0 Å². The van der Waals surface area contributed by atoms with Gasteiger partial charge in [-0.05, 0) is 66.8 Å². The Morgan fingerprint density at radius 2 is 1.68 bits per heavy atom. The lowest BCUT2D eigenvalue weighted by atomic mass is 10.00. The number of rotatable bonds is 9. The first kappa shape index (κ1) is 27.1. The fourth-order valence-electron chi connectivity index (χ4n) is 5.29. The third-order valence-corrected chi connectivity index (χ3v) is 7.35. The van der Waals surface area contributed by atoms with Gasteiger partial charge in [-0.25, -0.2) is 4.68 Å². The van der Waals surface area contributed by atoms with Crippen LogP contribution in [0.1, 0.15) is 56.7 Å². The van der Waals surface area contributed by atoms with Gasteiger partial charge in [0.2, 0.25) is 17.7 Å². The first-order valence-electron chi connectivity index (χ1n) is 13.8. The normalized spacial score (nSPS) is 14.2. The Bertz CT molecular complexity index is 1490. The van der Waals surface area contributed by atoms with E-state index in [1.54, 1.807) is 33.8 Å². The molecule has 2 N–H and O–H groups in total. The summed E-state index contributed by atoms with van der Waals surface area (Å²) in [6.45, 7) is 3.41. The van der Waals surface area contributed by atoms with Crippen molar-refractivity contribution in [2.75, 3.05) is 10.2 Å². The molecule has 1 heterocycles. The molecular weight excluding hydrogens is 504 g/mol. The second-order valence-electron chi connectivity index (χ2n) is 10.2. The van der Waals surface area contributed by atoms with Gasteiger partial charge in [-0.1, -0.05) is 61.4 Å². The van der Waals surface area contributed by atoms with Crippen LogP contribution in [0.2, 0.25) is 0 Å². The van der Waals surface area contributed by atoms with Gasteiger partial charge in [-0.3, -0.25) is 19.3 Å². The number of para-hydroxylation sites is 1. The van der Waals surface area contributed by atoms with Crippen molar-refractivity contribution < 1.29 is 14.4 Å². The summed E-state index contributed by atoms with van der Waals surface area (Å²) >= 11 is 0. The molecule has 9 heteroatoms. The minimum absolute atomic E-state index is 0.0864. The molecule has 0 radical (unpaired) electrons. The zero-order valence-corrected chi connectivity index (χ0v) is 22.8. The summed E-state index contributed by atoms with van der Waals surface area (Å²) in [6.07, 6.45) is 4.88. The van der Waals surface area contributed by atoms with Gasteiger partial charge in [0.25, 0.3) is 0 Å². The number of nitrogens with zero attached hydrogens (tertiary/aromatic N) is 4. The van der Waals surface area contributed by atoms with E-state index in [2.05, 4.69) is 27.9 Å². The lowest BCUT2D eigenvalue weighted by molar-refractivity contribution is -0.127. The molecule has 9 nitrogen and oxygen atoms in total. The molecule has 1 aromatic heterocycles. The Hall–Kier alpha value is -4.53. The van der Waals surface area contributed by atoms with E-state index in [-0.39, 0.29) is 30.3 Å². The minimum atomic E-state index is -0.902. The van der Waals surface area contributed by atoms with E-state index in [0.29, 0.717) is 16.9 Å². The van der Waals surface area contributed by atoms with Crippen LogP contribution in [0.3, 0.4) is 0 Å². The number of hydrogen-bond donors (Lipinski definition) is 2. The molecule has 1 aliphatic carbocycles. The highest BCUT2D eigenvalue weighted by Crippen LogP contribution is 2.31. The van der Waals surface area contributed by atoms with E-state index < -0.39 is 6.04 Å². The molecule has 3 amide bonds. The van der Waals surface area contributed by atoms with E-state index >= 15 is 0 Å². The highest BCUT2D eigenvalue weighted by molar-refractivity contribution is 6.02. The van der Waals surface area contributed by atoms with Crippen molar-refractivity contribution in [1.29, 1.82) is 0 Å². The molecule has 206 valence electrons. The molecule has 4 aromatic rings. The number of carbonyl (C=O) groups excluding carboxylic acids is 3. The fraction of sp³-hybridized carbons (Fsp3) is 0.323. The van der Waals surface area contributed by atoms with E-state index in [0.717, 1.165) is 48.7 Å². The molecule has 1 saturated carbocycles. The van der Waals surface area contributed by atoms with E-state index in [1.807, 2.05) is 48.5 Å². The molecule has 0 spiro atoms. The monoisotopic (exact) mass is 538 g/mol. The molecule has 40 heavy (non-hydrogen) atoms. The number of nitrogens with one attached hydrogen (secondary N) is 2. The SMILES string of the molecule is CCc1ccc([C@@H](C(=O)NC2CCCC2)N(C(=O)Cn2nnc3ccccc32)c2ccc(NC(C)=O)cc2)cc1. The van der Waals surface area contributed by atoms with Crippen LogP contribution in [-0.4, -0.2) is 38.8 Å². The predicted octanol–water partition coefficient (Wildman–Crippen LogP) is 4.79. The smallest absolute Gasteiger partial charge is 0.249 e. The van der Waals surface area contributed by atoms with Crippen molar-refractivity contribution in [3.63, 3.8) is 0 Å². The fourth-order valence-corrected chi connectivity index (χ4v) is 5.29. The largest absolute Gasteiger partial charge is 0.351 e. The zero-order valence-electron chi connectivity index (χ0n) is 22.8. The summed E-state index contributed by atoms with van der Waals surface area (Å²) in [7, 11) is 0. The Kier molecular flexibility index (Phi) is 8.19. The van der Waals surface area contributed by atoms with Gasteiger partial charge in [-0.2, -0.15) is 0 Å². The standard InChI is InChI=1S/C31H34N6O3/c1-3-22-12-14-23(15-13-22)30(31(40)33-24-8-4-5-9-24)37(26-18-16-25(17-19-26)32-21(2)38)29(39)20-36-28-11-7-6-10-27(28)34-35-36/h6-7,10-19,24,30H,3-5,8-9,20H2,1-2H3,(H,32,38)(H,33,40)/t30-/m0/s1. The number of aryl methyl sites for hydroxylation is 1. The van der Waals surface area contributed by atoms with Crippen molar-refractivity contribution in [1.82, 2.24) is 20.3 Å². The van der Waals surface area contributed by atoms with E-state index in [1.165, 1.54) is 6.92 Å². The molecule has 0 saturated heterocycles. The van der Waals surface area contributed by atoms with Crippen molar-refractivity contribution in [3.05, 3.63) is 83.9 Å². The van der Waals surface area contributed by atoms with Gasteiger partial charge in [0, 0.05) is 24.3 Å². The summed E-state index contributed by atoms with van der Waals surface area (Å²) in [6, 6.07) is 21.4. The topological polar surface area (TPSA) is 109 Å². The number of aromatic nitrogens is 3. The number of fused-ring (bicyclic) bond motifs is 1. The molecule has 5 rings (SSSR count). The zero-order chi connectivity index (χ0) is 28.1. The van der Waals surface area contributed by atoms with Gasteiger partial charge >= 0.3 is 0 Å². The van der Waals surface area contributed by atoms with Crippen LogP contribution in [0.15, 0.2) is 72.8 Å². The Morgan fingerprint density at radius 1 is 0.975 bits per heavy atom. The predicted molar refractivity (Wildman–Crippen MR) is 155 cm³/mol. The van der Waals surface area contributed by atoms with Crippen molar-refractivity contribution >= 4 is 40.1 Å². The first-order chi connectivity index (χ1) is 19.4. The molecule has 0 unspecified atom stereocenters. The Labute approximate surface area is 233 Å². The molecule has 0 aliphatic heterocycles. The van der Waals surface area contributed by atoms with Crippen LogP contribution in [0.4, 0.5) is 11.4 Å². The maximum absolute atomic E-state index is 14.2. The highest BCUT2D eigenvalue weighted by Gasteiger charge is 2.34. The van der Waals surface area contributed by atoms with Gasteiger partial charge in [0.1, 0.15) is 18.1 Å². The van der Waals surface area contributed by atoms with Crippen LogP contribution in [0, 0.1) is 0 Å². The number of carbonyl (C=O) groups is 3. The lowest BCUT2D eigenvalue weighted by Crippen LogP contribution is -2.47. The third-order valence-electron chi connectivity index (χ3n) is 7.35. The third kappa shape index (κ3) is 6.03. The number of benzene rings is 3. The number of amides is 3.